The fraction of sp³-hybridized carbons (Fsp3) is 0.160. The van der Waals surface area contributed by atoms with Gasteiger partial charge in [-0.1, -0.05) is 78.6 Å². The summed E-state index contributed by atoms with van der Waals surface area (Å²) in [5, 5.41) is 1.37. The Labute approximate surface area is 173 Å². The third kappa shape index (κ3) is 4.84. The lowest BCUT2D eigenvalue weighted by Crippen LogP contribution is -2.39. The minimum Gasteiger partial charge on any atom is -0.497 e. The number of carbonyl (C=O) groups excluding carboxylic acids is 1. The van der Waals surface area contributed by atoms with Crippen molar-refractivity contribution < 1.29 is 14.3 Å². The van der Waals surface area contributed by atoms with E-state index in [2.05, 4.69) is 55.2 Å². The molecule has 0 N–H and O–H groups in total. The molecule has 3 rings (SSSR count). The van der Waals surface area contributed by atoms with E-state index in [1.165, 1.54) is 12.3 Å². The van der Waals surface area contributed by atoms with Crippen molar-refractivity contribution in [3.63, 3.8) is 0 Å². The van der Waals surface area contributed by atoms with E-state index in [-0.39, 0.29) is 5.97 Å². The van der Waals surface area contributed by atoms with Gasteiger partial charge in [0.15, 0.2) is 0 Å². The zero-order valence-corrected chi connectivity index (χ0v) is 18.3. The molecule has 0 aliphatic heterocycles. The number of esters is 1. The van der Waals surface area contributed by atoms with Gasteiger partial charge in [0, 0.05) is 0 Å². The summed E-state index contributed by atoms with van der Waals surface area (Å²) in [6, 6.07) is 26.3. The molecule has 4 heteroatoms. The molecular formula is C25H26O3Si. The molecule has 0 radical (unpaired) electrons. The standard InChI is InChI=1S/C25H26O3Si/c1-27-22-16-14-20(15-17-22)24(18-29(3,4)23-8-6-5-7-9-23)19-10-12-21(13-11-19)25(26)28-2/h5-18H,1-4H3. The number of hydrogen-bond acceptors (Lipinski definition) is 3. The summed E-state index contributed by atoms with van der Waals surface area (Å²) < 4.78 is 10.1. The van der Waals surface area contributed by atoms with Crippen LogP contribution in [0.2, 0.25) is 13.1 Å². The average molecular weight is 403 g/mol. The number of rotatable bonds is 6. The van der Waals surface area contributed by atoms with Crippen LogP contribution in [0.1, 0.15) is 21.5 Å². The Hall–Kier alpha value is -3.11. The van der Waals surface area contributed by atoms with Gasteiger partial charge in [-0.15, -0.1) is 0 Å². The molecular weight excluding hydrogens is 376 g/mol. The number of carbonyl (C=O) groups is 1. The highest BCUT2D eigenvalue weighted by molar-refractivity contribution is 6.94. The van der Waals surface area contributed by atoms with Gasteiger partial charge in [-0.25, -0.2) is 4.79 Å². The monoisotopic (exact) mass is 402 g/mol. The van der Waals surface area contributed by atoms with E-state index in [0.717, 1.165) is 22.4 Å². The summed E-state index contributed by atoms with van der Waals surface area (Å²) in [4.78, 5) is 11.8. The highest BCUT2D eigenvalue weighted by atomic mass is 28.3. The van der Waals surface area contributed by atoms with Crippen molar-refractivity contribution in [1.29, 1.82) is 0 Å². The van der Waals surface area contributed by atoms with Crippen LogP contribution in [0.4, 0.5) is 0 Å². The van der Waals surface area contributed by atoms with Gasteiger partial charge in [0.1, 0.15) is 13.8 Å². The van der Waals surface area contributed by atoms with Crippen molar-refractivity contribution in [2.24, 2.45) is 0 Å². The summed E-state index contributed by atoms with van der Waals surface area (Å²) in [6.45, 7) is 4.68. The number of benzene rings is 3. The lowest BCUT2D eigenvalue weighted by Gasteiger charge is -2.22. The summed E-state index contributed by atoms with van der Waals surface area (Å²) in [5.74, 6) is 0.499. The molecule has 0 saturated heterocycles. The summed E-state index contributed by atoms with van der Waals surface area (Å²) in [6.07, 6.45) is 0. The van der Waals surface area contributed by atoms with E-state index in [0.29, 0.717) is 5.56 Å². The molecule has 0 aliphatic rings. The van der Waals surface area contributed by atoms with Gasteiger partial charge >= 0.3 is 5.97 Å². The van der Waals surface area contributed by atoms with Crippen LogP contribution in [0.15, 0.2) is 84.6 Å². The molecule has 3 aromatic carbocycles. The molecule has 29 heavy (non-hydrogen) atoms. The summed E-state index contributed by atoms with van der Waals surface area (Å²) >= 11 is 0. The van der Waals surface area contributed by atoms with Crippen LogP contribution in [0.3, 0.4) is 0 Å². The van der Waals surface area contributed by atoms with Gasteiger partial charge in [-0.05, 0) is 41.0 Å². The molecule has 3 aromatic rings. The first-order valence-electron chi connectivity index (χ1n) is 9.56. The Kier molecular flexibility index (Phi) is 6.35. The van der Waals surface area contributed by atoms with Crippen LogP contribution < -0.4 is 9.92 Å². The Bertz CT molecular complexity index is 989. The number of ether oxygens (including phenoxy) is 2. The van der Waals surface area contributed by atoms with Crippen LogP contribution in [0, 0.1) is 0 Å². The molecule has 0 unspecified atom stereocenters. The van der Waals surface area contributed by atoms with Crippen LogP contribution in [-0.4, -0.2) is 28.3 Å². The first-order valence-corrected chi connectivity index (χ1v) is 12.6. The van der Waals surface area contributed by atoms with Crippen molar-refractivity contribution in [2.75, 3.05) is 14.2 Å². The first-order chi connectivity index (χ1) is 13.9. The van der Waals surface area contributed by atoms with Gasteiger partial charge in [-0.2, -0.15) is 0 Å². The molecule has 0 spiro atoms. The zero-order valence-electron chi connectivity index (χ0n) is 17.3. The van der Waals surface area contributed by atoms with Crippen LogP contribution in [-0.2, 0) is 4.74 Å². The Morgan fingerprint density at radius 2 is 1.28 bits per heavy atom. The van der Waals surface area contributed by atoms with Gasteiger partial charge < -0.3 is 9.47 Å². The predicted molar refractivity (Wildman–Crippen MR) is 121 cm³/mol. The third-order valence-electron chi connectivity index (χ3n) is 5.04. The van der Waals surface area contributed by atoms with E-state index in [9.17, 15) is 4.79 Å². The van der Waals surface area contributed by atoms with Gasteiger partial charge in [0.2, 0.25) is 0 Å². The van der Waals surface area contributed by atoms with Crippen molar-refractivity contribution in [3.05, 3.63) is 101 Å². The normalized spacial score (nSPS) is 11.8. The van der Waals surface area contributed by atoms with Gasteiger partial charge in [-0.3, -0.25) is 0 Å². The largest absolute Gasteiger partial charge is 0.497 e. The Morgan fingerprint density at radius 1 is 0.759 bits per heavy atom. The molecule has 0 atom stereocenters. The molecule has 148 valence electrons. The fourth-order valence-corrected chi connectivity index (χ4v) is 5.59. The lowest BCUT2D eigenvalue weighted by atomic mass is 9.98. The highest BCUT2D eigenvalue weighted by Gasteiger charge is 2.22. The van der Waals surface area contributed by atoms with Crippen LogP contribution >= 0.6 is 0 Å². The van der Waals surface area contributed by atoms with Crippen molar-refractivity contribution >= 4 is 24.8 Å². The molecule has 3 nitrogen and oxygen atoms in total. The maximum Gasteiger partial charge on any atom is 0.337 e. The van der Waals surface area contributed by atoms with Crippen molar-refractivity contribution in [2.45, 2.75) is 13.1 Å². The number of hydrogen-bond donors (Lipinski definition) is 0. The summed E-state index contributed by atoms with van der Waals surface area (Å²) in [7, 11) is 1.21. The fourth-order valence-electron chi connectivity index (χ4n) is 3.32. The Balaban J connectivity index is 2.09. The Morgan fingerprint density at radius 3 is 1.79 bits per heavy atom. The molecule has 0 heterocycles. The van der Waals surface area contributed by atoms with E-state index in [1.54, 1.807) is 7.11 Å². The average Bonchev–Trinajstić information content (AvgIpc) is 2.78. The maximum absolute atomic E-state index is 11.8. The molecule has 0 aliphatic carbocycles. The smallest absolute Gasteiger partial charge is 0.337 e. The van der Waals surface area contributed by atoms with E-state index in [1.807, 2.05) is 42.5 Å². The van der Waals surface area contributed by atoms with Gasteiger partial charge in [0.05, 0.1) is 19.8 Å². The quantitative estimate of drug-likeness (QED) is 0.427. The van der Waals surface area contributed by atoms with E-state index >= 15 is 0 Å². The topological polar surface area (TPSA) is 35.5 Å². The minimum atomic E-state index is -1.86. The van der Waals surface area contributed by atoms with E-state index in [4.69, 9.17) is 9.47 Å². The predicted octanol–water partition coefficient (Wildman–Crippen LogP) is 5.07. The first kappa shape index (κ1) is 20.6. The second-order valence-corrected chi connectivity index (χ2v) is 11.8. The third-order valence-corrected chi connectivity index (χ3v) is 7.87. The number of methoxy groups -OCH3 is 2. The molecule has 0 bridgehead atoms. The molecule has 0 fully saturated rings. The molecule has 0 aromatic heterocycles. The highest BCUT2D eigenvalue weighted by Crippen LogP contribution is 2.28. The lowest BCUT2D eigenvalue weighted by molar-refractivity contribution is 0.0600. The zero-order chi connectivity index (χ0) is 20.9. The second-order valence-electron chi connectivity index (χ2n) is 7.44. The van der Waals surface area contributed by atoms with E-state index < -0.39 is 8.07 Å². The van der Waals surface area contributed by atoms with Crippen molar-refractivity contribution in [3.8, 4) is 5.75 Å². The van der Waals surface area contributed by atoms with Gasteiger partial charge in [0.25, 0.3) is 0 Å². The minimum absolute atomic E-state index is 0.328. The van der Waals surface area contributed by atoms with Crippen LogP contribution in [0.25, 0.3) is 5.57 Å². The molecule has 0 saturated carbocycles. The molecule has 0 amide bonds. The van der Waals surface area contributed by atoms with Crippen molar-refractivity contribution in [1.82, 2.24) is 0 Å². The SMILES string of the molecule is COC(=O)c1ccc(C(=C[Si](C)(C)c2ccccc2)c2ccc(OC)cc2)cc1. The summed E-state index contributed by atoms with van der Waals surface area (Å²) in [5.41, 5.74) is 6.30. The second kappa shape index (κ2) is 8.93. The maximum atomic E-state index is 11.8. The van der Waals surface area contributed by atoms with Crippen LogP contribution in [0.5, 0.6) is 5.75 Å².